The Balaban J connectivity index is 1.49. The van der Waals surface area contributed by atoms with E-state index in [1.807, 2.05) is 0 Å². The zero-order valence-corrected chi connectivity index (χ0v) is 15.9. The van der Waals surface area contributed by atoms with Gasteiger partial charge in [-0.05, 0) is 68.0 Å². The molecule has 0 saturated heterocycles. The van der Waals surface area contributed by atoms with Crippen LogP contribution in [0.15, 0.2) is 27.1 Å². The molecule has 0 aromatic heterocycles. The standard InChI is InChI=1S/C17H12Br2F2O4/c18-10-1-2-12(20)14(22)15(10)23-5-7-3-8(7)9-4-11(19)16-17(13(9)21)25-6-24-16/h1-2,4,7-8,22H,3,5-6H2. The average molecular weight is 478 g/mol. The summed E-state index contributed by atoms with van der Waals surface area (Å²) in [4.78, 5) is 0. The predicted octanol–water partition coefficient (Wildman–Crippen LogP) is 5.11. The molecule has 4 nitrogen and oxygen atoms in total. The molecule has 1 saturated carbocycles. The van der Waals surface area contributed by atoms with E-state index in [2.05, 4.69) is 31.9 Å². The maximum atomic E-state index is 14.6. The van der Waals surface area contributed by atoms with Crippen LogP contribution in [-0.4, -0.2) is 18.5 Å². The third-order valence-electron chi connectivity index (χ3n) is 4.36. The van der Waals surface area contributed by atoms with Crippen molar-refractivity contribution in [3.05, 3.63) is 44.3 Å². The molecule has 2 atom stereocenters. The maximum absolute atomic E-state index is 14.6. The highest BCUT2D eigenvalue weighted by atomic mass is 79.9. The number of aromatic hydroxyl groups is 1. The topological polar surface area (TPSA) is 47.9 Å². The highest BCUT2D eigenvalue weighted by Gasteiger charge is 2.42. The van der Waals surface area contributed by atoms with E-state index in [0.717, 1.165) is 12.5 Å². The molecule has 2 unspecified atom stereocenters. The highest BCUT2D eigenvalue weighted by Crippen LogP contribution is 2.53. The van der Waals surface area contributed by atoms with Crippen LogP contribution in [0.2, 0.25) is 0 Å². The van der Waals surface area contributed by atoms with Gasteiger partial charge in [0.2, 0.25) is 12.5 Å². The van der Waals surface area contributed by atoms with Crippen molar-refractivity contribution in [1.29, 1.82) is 0 Å². The lowest BCUT2D eigenvalue weighted by Crippen LogP contribution is -2.03. The van der Waals surface area contributed by atoms with Crippen molar-refractivity contribution in [3.8, 4) is 23.0 Å². The molecule has 2 aliphatic rings. The number of hydrogen-bond donors (Lipinski definition) is 1. The first-order chi connectivity index (χ1) is 12.0. The monoisotopic (exact) mass is 476 g/mol. The molecule has 132 valence electrons. The first-order valence-corrected chi connectivity index (χ1v) is 9.13. The van der Waals surface area contributed by atoms with Crippen molar-refractivity contribution in [1.82, 2.24) is 0 Å². The van der Waals surface area contributed by atoms with Crippen LogP contribution in [0.1, 0.15) is 17.9 Å². The fourth-order valence-electron chi connectivity index (χ4n) is 2.95. The summed E-state index contributed by atoms with van der Waals surface area (Å²) in [7, 11) is 0. The minimum absolute atomic E-state index is 0.00160. The molecule has 8 heteroatoms. The van der Waals surface area contributed by atoms with E-state index in [1.165, 1.54) is 6.07 Å². The molecule has 1 heterocycles. The summed E-state index contributed by atoms with van der Waals surface area (Å²) in [6.45, 7) is 0.240. The second-order valence-corrected chi connectivity index (χ2v) is 7.66. The number of halogens is 4. The number of ether oxygens (including phenoxy) is 3. The van der Waals surface area contributed by atoms with E-state index in [1.54, 1.807) is 6.07 Å². The molecule has 0 bridgehead atoms. The summed E-state index contributed by atoms with van der Waals surface area (Å²) in [5.41, 5.74) is 0.534. The quantitative estimate of drug-likeness (QED) is 0.665. The Morgan fingerprint density at radius 1 is 1.16 bits per heavy atom. The number of fused-ring (bicyclic) bond motifs is 1. The Kier molecular flexibility index (Phi) is 4.27. The van der Waals surface area contributed by atoms with Gasteiger partial charge in [0.05, 0.1) is 15.6 Å². The smallest absolute Gasteiger partial charge is 0.231 e. The third kappa shape index (κ3) is 2.95. The second kappa shape index (κ2) is 6.32. The zero-order chi connectivity index (χ0) is 17.7. The average Bonchev–Trinajstić information content (AvgIpc) is 3.16. The Labute approximate surface area is 159 Å². The van der Waals surface area contributed by atoms with E-state index in [4.69, 9.17) is 14.2 Å². The maximum Gasteiger partial charge on any atom is 0.231 e. The first kappa shape index (κ1) is 16.9. The summed E-state index contributed by atoms with van der Waals surface area (Å²) in [6.07, 6.45) is 0.733. The van der Waals surface area contributed by atoms with Gasteiger partial charge in [-0.25, -0.2) is 8.78 Å². The Morgan fingerprint density at radius 3 is 2.72 bits per heavy atom. The fraction of sp³-hybridized carbons (Fsp3) is 0.294. The summed E-state index contributed by atoms with van der Waals surface area (Å²) < 4.78 is 45.1. The first-order valence-electron chi connectivity index (χ1n) is 7.54. The van der Waals surface area contributed by atoms with Crippen molar-refractivity contribution in [3.63, 3.8) is 0 Å². The molecule has 2 aromatic carbocycles. The molecule has 0 spiro atoms. The van der Waals surface area contributed by atoms with Gasteiger partial charge in [0.1, 0.15) is 0 Å². The van der Waals surface area contributed by atoms with E-state index in [9.17, 15) is 13.9 Å². The summed E-state index contributed by atoms with van der Waals surface area (Å²) in [5, 5.41) is 9.75. The molecule has 1 fully saturated rings. The lowest BCUT2D eigenvalue weighted by Gasteiger charge is -2.11. The second-order valence-electron chi connectivity index (χ2n) is 5.95. The summed E-state index contributed by atoms with van der Waals surface area (Å²) >= 11 is 6.59. The number of hydrogen-bond acceptors (Lipinski definition) is 4. The van der Waals surface area contributed by atoms with Crippen molar-refractivity contribution < 1.29 is 28.1 Å². The molecule has 1 aliphatic heterocycles. The van der Waals surface area contributed by atoms with E-state index in [0.29, 0.717) is 20.3 Å². The van der Waals surface area contributed by atoms with E-state index < -0.39 is 17.4 Å². The van der Waals surface area contributed by atoms with Crippen molar-refractivity contribution in [2.24, 2.45) is 5.92 Å². The number of rotatable bonds is 4. The molecule has 1 N–H and O–H groups in total. The largest absolute Gasteiger partial charge is 0.502 e. The summed E-state index contributed by atoms with van der Waals surface area (Å²) in [5.74, 6) is -1.11. The van der Waals surface area contributed by atoms with Gasteiger partial charge >= 0.3 is 0 Å². The van der Waals surface area contributed by atoms with Gasteiger partial charge in [0.15, 0.2) is 28.9 Å². The van der Waals surface area contributed by atoms with Gasteiger partial charge in [-0.3, -0.25) is 0 Å². The van der Waals surface area contributed by atoms with Crippen LogP contribution in [0.25, 0.3) is 0 Å². The highest BCUT2D eigenvalue weighted by molar-refractivity contribution is 9.10. The molecule has 0 amide bonds. The van der Waals surface area contributed by atoms with Crippen molar-refractivity contribution in [2.75, 3.05) is 13.4 Å². The molecular weight excluding hydrogens is 466 g/mol. The third-order valence-corrected chi connectivity index (χ3v) is 5.58. The molecule has 4 rings (SSSR count). The van der Waals surface area contributed by atoms with Gasteiger partial charge in [-0.15, -0.1) is 0 Å². The van der Waals surface area contributed by atoms with Crippen LogP contribution in [0.3, 0.4) is 0 Å². The minimum Gasteiger partial charge on any atom is -0.502 e. The number of phenolic OH excluding ortho intramolecular Hbond substituents is 1. The SMILES string of the molecule is Oc1c(F)ccc(Br)c1OCC1CC1c1cc(Br)c2c(c1F)OCO2. The van der Waals surface area contributed by atoms with Crippen LogP contribution in [0.4, 0.5) is 8.78 Å². The van der Waals surface area contributed by atoms with Crippen LogP contribution >= 0.6 is 31.9 Å². The predicted molar refractivity (Wildman–Crippen MR) is 92.3 cm³/mol. The fourth-order valence-corrected chi connectivity index (χ4v) is 3.92. The Bertz CT molecular complexity index is 859. The summed E-state index contributed by atoms with van der Waals surface area (Å²) in [6, 6.07) is 4.30. The van der Waals surface area contributed by atoms with Crippen LogP contribution in [0.5, 0.6) is 23.0 Å². The lowest BCUT2D eigenvalue weighted by atomic mass is 10.1. The van der Waals surface area contributed by atoms with Crippen molar-refractivity contribution >= 4 is 31.9 Å². The zero-order valence-electron chi connectivity index (χ0n) is 12.7. The normalized spacial score (nSPS) is 20.6. The van der Waals surface area contributed by atoms with E-state index in [-0.39, 0.29) is 36.7 Å². The van der Waals surface area contributed by atoms with Gasteiger partial charge in [-0.2, -0.15) is 0 Å². The van der Waals surface area contributed by atoms with E-state index >= 15 is 0 Å². The van der Waals surface area contributed by atoms with Gasteiger partial charge in [0.25, 0.3) is 0 Å². The van der Waals surface area contributed by atoms with Gasteiger partial charge < -0.3 is 19.3 Å². The van der Waals surface area contributed by atoms with Gasteiger partial charge in [0, 0.05) is 5.92 Å². The molecule has 2 aromatic rings. The molecule has 1 aliphatic carbocycles. The molecular formula is C17H12Br2F2O4. The van der Waals surface area contributed by atoms with Crippen LogP contribution in [-0.2, 0) is 0 Å². The molecule has 25 heavy (non-hydrogen) atoms. The van der Waals surface area contributed by atoms with Crippen LogP contribution in [0, 0.1) is 17.6 Å². The number of phenols is 1. The van der Waals surface area contributed by atoms with Crippen LogP contribution < -0.4 is 14.2 Å². The van der Waals surface area contributed by atoms with Gasteiger partial charge in [-0.1, -0.05) is 0 Å². The molecule has 0 radical (unpaired) electrons. The lowest BCUT2D eigenvalue weighted by molar-refractivity contribution is 0.170. The Hall–Kier alpha value is -1.54. The number of benzene rings is 2. The van der Waals surface area contributed by atoms with Crippen molar-refractivity contribution in [2.45, 2.75) is 12.3 Å². The Morgan fingerprint density at radius 2 is 1.92 bits per heavy atom. The minimum atomic E-state index is -0.753.